The highest BCUT2D eigenvalue weighted by Gasteiger charge is 2.20. The highest BCUT2D eigenvalue weighted by Crippen LogP contribution is 2.26. The summed E-state index contributed by atoms with van der Waals surface area (Å²) in [4.78, 5) is 16.9. The molecule has 0 aliphatic rings. The summed E-state index contributed by atoms with van der Waals surface area (Å²) >= 11 is 1.47. The quantitative estimate of drug-likeness (QED) is 0.780. The van der Waals surface area contributed by atoms with Gasteiger partial charge in [0.2, 0.25) is 5.91 Å². The fourth-order valence-electron chi connectivity index (χ4n) is 2.16. The third kappa shape index (κ3) is 4.37. The molecule has 0 aliphatic carbocycles. The Bertz CT molecular complexity index is 678. The lowest BCUT2D eigenvalue weighted by Gasteiger charge is -2.13. The molecule has 2 heterocycles. The number of nitrogens with zero attached hydrogens (tertiary/aromatic N) is 3. The van der Waals surface area contributed by atoms with Crippen LogP contribution in [-0.4, -0.2) is 25.9 Å². The number of amides is 1. The maximum Gasteiger partial charge on any atom is 0.238 e. The monoisotopic (exact) mass is 336 g/mol. The maximum absolute atomic E-state index is 12.3. The Morgan fingerprint density at radius 2 is 2.17 bits per heavy atom. The molecule has 126 valence electrons. The maximum atomic E-state index is 12.3. The van der Waals surface area contributed by atoms with Crippen molar-refractivity contribution in [3.05, 3.63) is 23.2 Å². The van der Waals surface area contributed by atoms with E-state index in [0.717, 1.165) is 30.2 Å². The largest absolute Gasteiger partial charge is 0.360 e. The van der Waals surface area contributed by atoms with E-state index in [9.17, 15) is 4.79 Å². The van der Waals surface area contributed by atoms with Gasteiger partial charge < -0.3 is 14.4 Å². The van der Waals surface area contributed by atoms with Gasteiger partial charge in [0, 0.05) is 18.3 Å². The van der Waals surface area contributed by atoms with E-state index in [4.69, 9.17) is 4.52 Å². The Balaban J connectivity index is 2.05. The summed E-state index contributed by atoms with van der Waals surface area (Å²) in [5.74, 6) is 1.01. The lowest BCUT2D eigenvalue weighted by atomic mass is 10.3. The van der Waals surface area contributed by atoms with Crippen molar-refractivity contribution >= 4 is 23.5 Å². The molecule has 1 amide bonds. The number of unbranched alkanes of at least 4 members (excludes halogenated alkanes) is 1. The van der Waals surface area contributed by atoms with Gasteiger partial charge in [0.05, 0.1) is 10.9 Å². The molecule has 0 bridgehead atoms. The van der Waals surface area contributed by atoms with Crippen molar-refractivity contribution in [2.24, 2.45) is 0 Å². The van der Waals surface area contributed by atoms with E-state index >= 15 is 0 Å². The molecule has 0 unspecified atom stereocenters. The van der Waals surface area contributed by atoms with Crippen LogP contribution in [0.5, 0.6) is 0 Å². The van der Waals surface area contributed by atoms with E-state index in [0.29, 0.717) is 11.6 Å². The van der Waals surface area contributed by atoms with Gasteiger partial charge in [-0.2, -0.15) is 0 Å². The van der Waals surface area contributed by atoms with Crippen LogP contribution in [0.25, 0.3) is 0 Å². The molecule has 1 atom stereocenters. The summed E-state index contributed by atoms with van der Waals surface area (Å²) in [5, 5.41) is 7.18. The third-order valence-electron chi connectivity index (χ3n) is 3.69. The minimum absolute atomic E-state index is 0.108. The summed E-state index contributed by atoms with van der Waals surface area (Å²) < 4.78 is 7.16. The lowest BCUT2D eigenvalue weighted by molar-refractivity contribution is -0.115. The molecule has 2 aromatic heterocycles. The van der Waals surface area contributed by atoms with E-state index in [1.54, 1.807) is 13.0 Å². The number of imidazole rings is 1. The molecule has 0 radical (unpaired) electrons. The van der Waals surface area contributed by atoms with Crippen LogP contribution in [0.1, 0.15) is 43.8 Å². The summed E-state index contributed by atoms with van der Waals surface area (Å²) in [5.41, 5.74) is 2.18. The van der Waals surface area contributed by atoms with Crippen molar-refractivity contribution in [1.29, 1.82) is 0 Å². The second-order valence-electron chi connectivity index (χ2n) is 5.64. The second kappa shape index (κ2) is 7.68. The molecule has 0 aliphatic heterocycles. The van der Waals surface area contributed by atoms with Gasteiger partial charge in [0.25, 0.3) is 0 Å². The fraction of sp³-hybridized carbons (Fsp3) is 0.562. The Labute approximate surface area is 141 Å². The molecule has 0 saturated carbocycles. The molecule has 0 fully saturated rings. The van der Waals surface area contributed by atoms with Crippen LogP contribution in [0.2, 0.25) is 0 Å². The molecular formula is C16H24N4O2S. The lowest BCUT2D eigenvalue weighted by Crippen LogP contribution is -2.23. The van der Waals surface area contributed by atoms with Gasteiger partial charge in [-0.05, 0) is 34.1 Å². The molecule has 0 aromatic carbocycles. The first-order chi connectivity index (χ1) is 10.9. The van der Waals surface area contributed by atoms with Crippen molar-refractivity contribution in [3.8, 4) is 0 Å². The van der Waals surface area contributed by atoms with Crippen molar-refractivity contribution in [2.45, 2.75) is 64.4 Å². The predicted molar refractivity (Wildman–Crippen MR) is 91.8 cm³/mol. The van der Waals surface area contributed by atoms with E-state index in [-0.39, 0.29) is 11.2 Å². The first-order valence-electron chi connectivity index (χ1n) is 7.87. The zero-order chi connectivity index (χ0) is 17.0. The van der Waals surface area contributed by atoms with E-state index in [1.807, 2.05) is 13.8 Å². The Morgan fingerprint density at radius 1 is 1.43 bits per heavy atom. The average molecular weight is 336 g/mol. The summed E-state index contributed by atoms with van der Waals surface area (Å²) in [6.07, 6.45) is 2.23. The average Bonchev–Trinajstić information content (AvgIpc) is 3.02. The number of anilines is 1. The first kappa shape index (κ1) is 17.6. The summed E-state index contributed by atoms with van der Waals surface area (Å²) in [6.45, 7) is 10.8. The molecular weight excluding hydrogens is 312 g/mol. The summed E-state index contributed by atoms with van der Waals surface area (Å²) in [7, 11) is 0. The number of nitrogens with one attached hydrogen (secondary N) is 1. The number of hydrogen-bond donors (Lipinski definition) is 1. The van der Waals surface area contributed by atoms with Crippen LogP contribution in [-0.2, 0) is 11.3 Å². The Morgan fingerprint density at radius 3 is 2.78 bits per heavy atom. The fourth-order valence-corrected chi connectivity index (χ4v) is 3.19. The van der Waals surface area contributed by atoms with Crippen LogP contribution >= 0.6 is 11.8 Å². The summed E-state index contributed by atoms with van der Waals surface area (Å²) in [6, 6.07) is 1.70. The SMILES string of the molecule is CCCCn1c(S[C@H](C)C(=O)Nc2cc(C)on2)nc(C)c1C. The smallest absolute Gasteiger partial charge is 0.238 e. The van der Waals surface area contributed by atoms with Gasteiger partial charge in [-0.15, -0.1) is 0 Å². The van der Waals surface area contributed by atoms with Crippen molar-refractivity contribution in [1.82, 2.24) is 14.7 Å². The zero-order valence-electron chi connectivity index (χ0n) is 14.3. The standard InChI is InChI=1S/C16H24N4O2S/c1-6-7-8-20-12(4)11(3)17-16(20)23-13(5)15(21)18-14-9-10(2)22-19-14/h9,13H,6-8H2,1-5H3,(H,18,19,21)/t13-/m1/s1. The second-order valence-corrected chi connectivity index (χ2v) is 6.95. The van der Waals surface area contributed by atoms with Gasteiger partial charge in [-0.3, -0.25) is 4.79 Å². The zero-order valence-corrected chi connectivity index (χ0v) is 15.2. The normalized spacial score (nSPS) is 12.4. The molecule has 6 nitrogen and oxygen atoms in total. The minimum Gasteiger partial charge on any atom is -0.360 e. The first-order valence-corrected chi connectivity index (χ1v) is 8.75. The molecule has 23 heavy (non-hydrogen) atoms. The van der Waals surface area contributed by atoms with Crippen molar-refractivity contribution < 1.29 is 9.32 Å². The molecule has 2 rings (SSSR count). The number of carbonyl (C=O) groups excluding carboxylic acids is 1. The van der Waals surface area contributed by atoms with Crippen LogP contribution in [0.15, 0.2) is 15.7 Å². The Kier molecular flexibility index (Phi) is 5.87. The van der Waals surface area contributed by atoms with Gasteiger partial charge >= 0.3 is 0 Å². The molecule has 0 saturated heterocycles. The minimum atomic E-state index is -0.270. The Hall–Kier alpha value is -1.76. The number of thioether (sulfide) groups is 1. The van der Waals surface area contributed by atoms with Crippen molar-refractivity contribution in [2.75, 3.05) is 5.32 Å². The predicted octanol–water partition coefficient (Wildman–Crippen LogP) is 3.72. The van der Waals surface area contributed by atoms with Gasteiger partial charge in [-0.1, -0.05) is 30.3 Å². The number of carbonyl (C=O) groups is 1. The van der Waals surface area contributed by atoms with Crippen LogP contribution in [0, 0.1) is 20.8 Å². The molecule has 2 aromatic rings. The molecule has 1 N–H and O–H groups in total. The van der Waals surface area contributed by atoms with Crippen molar-refractivity contribution in [3.63, 3.8) is 0 Å². The van der Waals surface area contributed by atoms with E-state index in [2.05, 4.69) is 33.9 Å². The van der Waals surface area contributed by atoms with Crippen LogP contribution < -0.4 is 5.32 Å². The van der Waals surface area contributed by atoms with Crippen LogP contribution in [0.3, 0.4) is 0 Å². The number of hydrogen-bond acceptors (Lipinski definition) is 5. The number of aromatic nitrogens is 3. The number of aryl methyl sites for hydroxylation is 2. The van der Waals surface area contributed by atoms with Gasteiger partial charge in [-0.25, -0.2) is 4.98 Å². The van der Waals surface area contributed by atoms with E-state index < -0.39 is 0 Å². The molecule has 7 heteroatoms. The third-order valence-corrected chi connectivity index (χ3v) is 4.78. The molecule has 0 spiro atoms. The van der Waals surface area contributed by atoms with Gasteiger partial charge in [0.1, 0.15) is 5.76 Å². The topological polar surface area (TPSA) is 73.0 Å². The highest BCUT2D eigenvalue weighted by molar-refractivity contribution is 8.00. The van der Waals surface area contributed by atoms with E-state index in [1.165, 1.54) is 17.5 Å². The number of rotatable bonds is 7. The highest BCUT2D eigenvalue weighted by atomic mass is 32.2. The van der Waals surface area contributed by atoms with Crippen LogP contribution in [0.4, 0.5) is 5.82 Å². The van der Waals surface area contributed by atoms with Gasteiger partial charge in [0.15, 0.2) is 11.0 Å².